The number of hydrazone groups is 1. The number of phenolic OH excluding ortho intramolecular Hbond substituents is 1. The number of methoxy groups -OCH3 is 1. The summed E-state index contributed by atoms with van der Waals surface area (Å²) in [7, 11) is 1.45. The summed E-state index contributed by atoms with van der Waals surface area (Å²) in [5.41, 5.74) is 3.35. The van der Waals surface area contributed by atoms with E-state index in [0.29, 0.717) is 16.9 Å². The molecule has 1 aromatic heterocycles. The Labute approximate surface area is 159 Å². The molecule has 25 heavy (non-hydrogen) atoms. The van der Waals surface area contributed by atoms with Crippen molar-refractivity contribution in [2.45, 2.75) is 0 Å². The van der Waals surface area contributed by atoms with E-state index >= 15 is 0 Å². The van der Waals surface area contributed by atoms with Crippen molar-refractivity contribution >= 4 is 55.0 Å². The molecule has 3 rings (SSSR count). The Bertz CT molecular complexity index is 982. The van der Waals surface area contributed by atoms with Gasteiger partial charge in [-0.1, -0.05) is 22.0 Å². The van der Waals surface area contributed by atoms with Crippen LogP contribution < -0.4 is 10.2 Å². The van der Waals surface area contributed by atoms with Gasteiger partial charge in [0.25, 0.3) is 0 Å². The van der Waals surface area contributed by atoms with E-state index in [0.717, 1.165) is 14.3 Å². The van der Waals surface area contributed by atoms with Gasteiger partial charge in [-0.2, -0.15) is 5.10 Å². The molecule has 1 heterocycles. The number of para-hydroxylation sites is 1. The van der Waals surface area contributed by atoms with Gasteiger partial charge in [-0.25, -0.2) is 5.43 Å². The number of fused-ring (bicyclic) bond motifs is 1. The predicted octanol–water partition coefficient (Wildman–Crippen LogP) is 4.44. The first-order valence-electron chi connectivity index (χ1n) is 7.07. The average Bonchev–Trinajstić information content (AvgIpc) is 3.00. The van der Waals surface area contributed by atoms with Crippen molar-refractivity contribution in [2.24, 2.45) is 5.10 Å². The van der Waals surface area contributed by atoms with Crippen molar-refractivity contribution in [2.75, 3.05) is 7.11 Å². The van der Waals surface area contributed by atoms with Crippen LogP contribution in [-0.2, 0) is 0 Å². The Morgan fingerprint density at radius 3 is 2.88 bits per heavy atom. The summed E-state index contributed by atoms with van der Waals surface area (Å²) in [6, 6.07) is 10.3. The summed E-state index contributed by atoms with van der Waals surface area (Å²) in [4.78, 5) is 12.2. The number of phenols is 1. The smallest absolute Gasteiger partial charge is 0.307 e. The summed E-state index contributed by atoms with van der Waals surface area (Å²) in [5.74, 6) is -0.109. The maximum absolute atomic E-state index is 12.2. The van der Waals surface area contributed by atoms with Crippen molar-refractivity contribution in [1.29, 1.82) is 0 Å². The second kappa shape index (κ2) is 7.28. The minimum Gasteiger partial charge on any atom is -0.504 e. The molecule has 0 spiro atoms. The highest BCUT2D eigenvalue weighted by atomic mass is 79.9. The summed E-state index contributed by atoms with van der Waals surface area (Å²) in [5, 5.41) is 14.6. The molecular weight excluding hydrogens is 456 g/mol. The molecule has 0 aliphatic rings. The van der Waals surface area contributed by atoms with E-state index in [9.17, 15) is 9.90 Å². The van der Waals surface area contributed by atoms with Crippen LogP contribution in [0.3, 0.4) is 0 Å². The average molecular weight is 468 g/mol. The Hall–Kier alpha value is -2.32. The first-order valence-corrected chi connectivity index (χ1v) is 8.66. The minimum atomic E-state index is -0.502. The first-order chi connectivity index (χ1) is 12.0. The normalized spacial score (nSPS) is 11.2. The maximum atomic E-state index is 12.2. The Morgan fingerprint density at radius 1 is 1.32 bits per heavy atom. The minimum absolute atomic E-state index is 0.0551. The number of benzene rings is 2. The van der Waals surface area contributed by atoms with E-state index in [2.05, 4.69) is 42.4 Å². The van der Waals surface area contributed by atoms with Gasteiger partial charge in [0.05, 0.1) is 17.8 Å². The molecule has 0 fully saturated rings. The van der Waals surface area contributed by atoms with Crippen LogP contribution in [0.1, 0.15) is 16.1 Å². The second-order valence-electron chi connectivity index (χ2n) is 5.01. The van der Waals surface area contributed by atoms with Gasteiger partial charge in [-0.05, 0) is 46.3 Å². The molecule has 128 valence electrons. The van der Waals surface area contributed by atoms with Crippen LogP contribution in [0.15, 0.2) is 54.9 Å². The van der Waals surface area contributed by atoms with Gasteiger partial charge in [0.2, 0.25) is 0 Å². The van der Waals surface area contributed by atoms with Crippen LogP contribution in [0.4, 0.5) is 0 Å². The first kappa shape index (κ1) is 17.5. The zero-order valence-electron chi connectivity index (χ0n) is 12.9. The number of amides is 1. The van der Waals surface area contributed by atoms with Crippen molar-refractivity contribution in [3.05, 3.63) is 56.7 Å². The van der Waals surface area contributed by atoms with Crippen LogP contribution in [0.2, 0.25) is 0 Å². The largest absolute Gasteiger partial charge is 0.504 e. The summed E-state index contributed by atoms with van der Waals surface area (Å²) in [6.45, 7) is 0. The van der Waals surface area contributed by atoms with Crippen molar-refractivity contribution in [3.63, 3.8) is 0 Å². The van der Waals surface area contributed by atoms with Gasteiger partial charge in [-0.15, -0.1) is 0 Å². The lowest BCUT2D eigenvalue weighted by molar-refractivity contribution is 0.0929. The van der Waals surface area contributed by atoms with E-state index in [4.69, 9.17) is 9.15 Å². The van der Waals surface area contributed by atoms with E-state index in [1.807, 2.05) is 12.1 Å². The molecule has 1 amide bonds. The highest BCUT2D eigenvalue weighted by Gasteiger charge is 2.14. The number of carbonyl (C=O) groups excluding carboxylic acids is 1. The third-order valence-electron chi connectivity index (χ3n) is 3.38. The number of furan rings is 1. The lowest BCUT2D eigenvalue weighted by atomic mass is 10.2. The van der Waals surface area contributed by atoms with Crippen LogP contribution in [0.5, 0.6) is 11.5 Å². The summed E-state index contributed by atoms with van der Waals surface area (Å²) >= 11 is 6.78. The van der Waals surface area contributed by atoms with E-state index in [1.54, 1.807) is 24.3 Å². The number of aromatic hydroxyl groups is 1. The van der Waals surface area contributed by atoms with Gasteiger partial charge in [-0.3, -0.25) is 4.79 Å². The molecule has 0 aliphatic carbocycles. The predicted molar refractivity (Wildman–Crippen MR) is 101 cm³/mol. The van der Waals surface area contributed by atoms with Gasteiger partial charge < -0.3 is 14.3 Å². The fourth-order valence-corrected chi connectivity index (χ4v) is 3.55. The van der Waals surface area contributed by atoms with Crippen LogP contribution in [-0.4, -0.2) is 24.3 Å². The van der Waals surface area contributed by atoms with Crippen molar-refractivity contribution in [1.82, 2.24) is 5.43 Å². The summed E-state index contributed by atoms with van der Waals surface area (Å²) < 4.78 is 12.2. The van der Waals surface area contributed by atoms with E-state index in [-0.39, 0.29) is 11.5 Å². The highest BCUT2D eigenvalue weighted by molar-refractivity contribution is 9.11. The molecule has 8 heteroatoms. The Morgan fingerprint density at radius 2 is 2.12 bits per heavy atom. The zero-order chi connectivity index (χ0) is 18.0. The number of hydrogen-bond donors (Lipinski definition) is 2. The van der Waals surface area contributed by atoms with E-state index < -0.39 is 5.91 Å². The zero-order valence-corrected chi connectivity index (χ0v) is 16.1. The molecule has 0 saturated carbocycles. The Kier molecular flexibility index (Phi) is 5.10. The molecule has 0 radical (unpaired) electrons. The van der Waals surface area contributed by atoms with Gasteiger partial charge in [0.15, 0.2) is 17.3 Å². The second-order valence-corrected chi connectivity index (χ2v) is 6.78. The quantitative estimate of drug-likeness (QED) is 0.439. The number of nitrogens with one attached hydrogen (secondary N) is 1. The molecule has 6 nitrogen and oxygen atoms in total. The van der Waals surface area contributed by atoms with Gasteiger partial charge in [0, 0.05) is 15.4 Å². The lowest BCUT2D eigenvalue weighted by Gasteiger charge is -2.04. The molecule has 3 aromatic rings. The molecular formula is C17H12Br2N2O4. The monoisotopic (exact) mass is 466 g/mol. The van der Waals surface area contributed by atoms with Gasteiger partial charge >= 0.3 is 5.91 Å². The van der Waals surface area contributed by atoms with Crippen molar-refractivity contribution in [3.8, 4) is 11.5 Å². The third kappa shape index (κ3) is 3.69. The number of nitrogens with zero attached hydrogens (tertiary/aromatic N) is 1. The number of rotatable bonds is 4. The molecule has 0 aliphatic heterocycles. The third-order valence-corrected chi connectivity index (χ3v) is 4.43. The molecule has 2 N–H and O–H groups in total. The molecule has 0 bridgehead atoms. The standard InChI is InChI=1S/C17H12Br2N2O4/c1-24-13-4-2-3-9(15(13)22)8-20-21-17(23)14-6-10-5-11(18)7-12(19)16(10)25-14/h2-8,22H,1H3,(H,21,23)/b20-8+. The van der Waals surface area contributed by atoms with Crippen LogP contribution in [0, 0.1) is 0 Å². The number of carbonyl (C=O) groups is 1. The Balaban J connectivity index is 1.78. The fraction of sp³-hybridized carbons (Fsp3) is 0.0588. The number of hydrogen-bond acceptors (Lipinski definition) is 5. The van der Waals surface area contributed by atoms with Gasteiger partial charge in [0.1, 0.15) is 5.58 Å². The highest BCUT2D eigenvalue weighted by Crippen LogP contribution is 2.31. The molecule has 0 saturated heterocycles. The SMILES string of the molecule is COc1cccc(/C=N/NC(=O)c2cc3cc(Br)cc(Br)c3o2)c1O. The molecule has 2 aromatic carbocycles. The van der Waals surface area contributed by atoms with Crippen LogP contribution >= 0.6 is 31.9 Å². The van der Waals surface area contributed by atoms with Crippen molar-refractivity contribution < 1.29 is 19.1 Å². The maximum Gasteiger partial charge on any atom is 0.307 e. The van der Waals surface area contributed by atoms with E-state index in [1.165, 1.54) is 13.3 Å². The molecule has 0 atom stereocenters. The number of halogens is 2. The lowest BCUT2D eigenvalue weighted by Crippen LogP contribution is -2.16. The fourth-order valence-electron chi connectivity index (χ4n) is 2.21. The number of ether oxygens (including phenoxy) is 1. The molecule has 0 unspecified atom stereocenters. The van der Waals surface area contributed by atoms with Crippen LogP contribution in [0.25, 0.3) is 11.0 Å². The summed E-state index contributed by atoms with van der Waals surface area (Å²) in [6.07, 6.45) is 1.32. The topological polar surface area (TPSA) is 84.1 Å².